The third kappa shape index (κ3) is 7.80. The minimum atomic E-state index is -4.12. The quantitative estimate of drug-likeness (QED) is 0.496. The smallest absolute Gasteiger partial charge is 0.357 e. The second-order valence-electron chi connectivity index (χ2n) is 8.38. The van der Waals surface area contributed by atoms with Crippen molar-refractivity contribution in [3.63, 3.8) is 0 Å². The molecule has 0 amide bonds. The highest BCUT2D eigenvalue weighted by atomic mass is 19.4. The van der Waals surface area contributed by atoms with E-state index in [1.165, 1.54) is 36.4 Å². The molecule has 3 rings (SSSR count). The molecule has 1 aromatic rings. The summed E-state index contributed by atoms with van der Waals surface area (Å²) in [5.74, 6) is 0.925. The number of hydrogen-bond acceptors (Lipinski definition) is 3. The molecule has 1 atom stereocenters. The van der Waals surface area contributed by atoms with Crippen molar-refractivity contribution in [1.82, 2.24) is 20.4 Å². The van der Waals surface area contributed by atoms with Gasteiger partial charge in [-0.3, -0.25) is 9.80 Å². The average molecular weight is 426 g/mol. The fourth-order valence-electron chi connectivity index (χ4n) is 4.18. The number of rotatable bonds is 8. The molecule has 2 aliphatic rings. The normalized spacial score (nSPS) is 21.3. The molecular weight excluding hydrogens is 391 g/mol. The predicted molar refractivity (Wildman–Crippen MR) is 114 cm³/mol. The maximum absolute atomic E-state index is 12.5. The maximum atomic E-state index is 12.5. The molecule has 2 aliphatic heterocycles. The van der Waals surface area contributed by atoms with Gasteiger partial charge in [0.15, 0.2) is 5.96 Å². The van der Waals surface area contributed by atoms with Crippen molar-refractivity contribution in [3.8, 4) is 0 Å². The molecule has 168 valence electrons. The van der Waals surface area contributed by atoms with Crippen molar-refractivity contribution in [2.24, 2.45) is 10.9 Å². The van der Waals surface area contributed by atoms with Crippen LogP contribution in [0.25, 0.3) is 0 Å². The lowest BCUT2D eigenvalue weighted by Crippen LogP contribution is -2.40. The molecule has 1 unspecified atom stereocenters. The fourth-order valence-corrected chi connectivity index (χ4v) is 4.18. The molecule has 1 aromatic carbocycles. The van der Waals surface area contributed by atoms with E-state index in [2.05, 4.69) is 44.8 Å². The monoisotopic (exact) mass is 425 g/mol. The summed E-state index contributed by atoms with van der Waals surface area (Å²) in [4.78, 5) is 8.62. The van der Waals surface area contributed by atoms with Crippen LogP contribution in [-0.2, 0) is 13.1 Å². The number of nitrogens with one attached hydrogen (secondary N) is 2. The lowest BCUT2D eigenvalue weighted by molar-refractivity contribution is -0.143. The van der Waals surface area contributed by atoms with Crippen LogP contribution in [0.5, 0.6) is 0 Å². The van der Waals surface area contributed by atoms with Gasteiger partial charge in [-0.1, -0.05) is 24.3 Å². The summed E-state index contributed by atoms with van der Waals surface area (Å²) in [5, 5.41) is 6.52. The van der Waals surface area contributed by atoms with Gasteiger partial charge in [0.05, 0.1) is 13.1 Å². The van der Waals surface area contributed by atoms with Gasteiger partial charge in [-0.05, 0) is 62.9 Å². The lowest BCUT2D eigenvalue weighted by Gasteiger charge is -2.18. The van der Waals surface area contributed by atoms with Gasteiger partial charge >= 0.3 is 6.18 Å². The van der Waals surface area contributed by atoms with E-state index < -0.39 is 12.7 Å². The fraction of sp³-hybridized carbons (Fsp3) is 0.682. The minimum Gasteiger partial charge on any atom is -0.357 e. The van der Waals surface area contributed by atoms with Crippen LogP contribution in [-0.4, -0.2) is 67.7 Å². The van der Waals surface area contributed by atoms with Crippen LogP contribution < -0.4 is 10.6 Å². The van der Waals surface area contributed by atoms with E-state index in [9.17, 15) is 13.2 Å². The van der Waals surface area contributed by atoms with Gasteiger partial charge in [-0.25, -0.2) is 4.99 Å². The molecule has 0 saturated carbocycles. The molecule has 2 fully saturated rings. The molecule has 0 aliphatic carbocycles. The van der Waals surface area contributed by atoms with Crippen LogP contribution in [0, 0.1) is 5.92 Å². The van der Waals surface area contributed by atoms with Gasteiger partial charge in [0.1, 0.15) is 0 Å². The molecule has 0 radical (unpaired) electrons. The lowest BCUT2D eigenvalue weighted by atomic mass is 10.1. The highest BCUT2D eigenvalue weighted by Gasteiger charge is 2.34. The van der Waals surface area contributed by atoms with Crippen molar-refractivity contribution in [1.29, 1.82) is 0 Å². The first-order valence-electron chi connectivity index (χ1n) is 11.0. The number of benzene rings is 1. The summed E-state index contributed by atoms with van der Waals surface area (Å²) >= 11 is 0. The number of likely N-dealkylation sites (tertiary alicyclic amines) is 2. The van der Waals surface area contributed by atoms with E-state index in [1.807, 2.05) is 6.92 Å². The van der Waals surface area contributed by atoms with E-state index in [-0.39, 0.29) is 5.92 Å². The summed E-state index contributed by atoms with van der Waals surface area (Å²) in [6.45, 7) is 7.52. The predicted octanol–water partition coefficient (Wildman–Crippen LogP) is 3.22. The summed E-state index contributed by atoms with van der Waals surface area (Å²) in [6.07, 6.45) is -0.744. The summed E-state index contributed by atoms with van der Waals surface area (Å²) in [7, 11) is 0. The Morgan fingerprint density at radius 1 is 1.03 bits per heavy atom. The molecule has 0 aromatic heterocycles. The molecular formula is C22H34F3N5. The van der Waals surface area contributed by atoms with Crippen LogP contribution in [0.15, 0.2) is 29.3 Å². The molecule has 5 nitrogen and oxygen atoms in total. The van der Waals surface area contributed by atoms with Crippen LogP contribution >= 0.6 is 0 Å². The van der Waals surface area contributed by atoms with Gasteiger partial charge < -0.3 is 10.6 Å². The van der Waals surface area contributed by atoms with Crippen molar-refractivity contribution < 1.29 is 13.2 Å². The first-order valence-corrected chi connectivity index (χ1v) is 11.0. The SMILES string of the molecule is CCNC(=NCc1ccc(CN2CCCC2)cc1)NCC1CCN(CC(F)(F)F)C1. The van der Waals surface area contributed by atoms with Crippen molar-refractivity contribution in [3.05, 3.63) is 35.4 Å². The number of alkyl halides is 3. The van der Waals surface area contributed by atoms with Crippen LogP contribution in [0.1, 0.15) is 37.3 Å². The Hall–Kier alpha value is -1.80. The van der Waals surface area contributed by atoms with Crippen LogP contribution in [0.3, 0.4) is 0 Å². The Kier molecular flexibility index (Phi) is 8.39. The van der Waals surface area contributed by atoms with Gasteiger partial charge in [-0.2, -0.15) is 13.2 Å². The standard InChI is InChI=1S/C22H34F3N5/c1-2-26-21(28-14-20-9-12-30(16-20)17-22(23,24)25)27-13-18-5-7-19(8-6-18)15-29-10-3-4-11-29/h5-8,20H,2-4,9-17H2,1H3,(H2,26,27,28). The molecule has 30 heavy (non-hydrogen) atoms. The first kappa shape index (κ1) is 22.9. The first-order chi connectivity index (χ1) is 14.4. The number of aliphatic imine (C=N–C) groups is 1. The van der Waals surface area contributed by atoms with Crippen molar-refractivity contribution in [2.45, 2.75) is 45.5 Å². The second kappa shape index (κ2) is 11.0. The Morgan fingerprint density at radius 3 is 2.40 bits per heavy atom. The van der Waals surface area contributed by atoms with E-state index in [0.717, 1.165) is 25.1 Å². The third-order valence-electron chi connectivity index (χ3n) is 5.72. The molecule has 8 heteroatoms. The van der Waals surface area contributed by atoms with E-state index in [0.29, 0.717) is 32.1 Å². The summed E-state index contributed by atoms with van der Waals surface area (Å²) < 4.78 is 37.6. The zero-order valence-corrected chi connectivity index (χ0v) is 17.8. The van der Waals surface area contributed by atoms with Crippen LogP contribution in [0.2, 0.25) is 0 Å². The number of halogens is 3. The van der Waals surface area contributed by atoms with Crippen molar-refractivity contribution >= 4 is 5.96 Å². The number of guanidine groups is 1. The Bertz CT molecular complexity index is 668. The maximum Gasteiger partial charge on any atom is 0.401 e. The Morgan fingerprint density at radius 2 is 1.73 bits per heavy atom. The largest absolute Gasteiger partial charge is 0.401 e. The molecule has 0 spiro atoms. The summed E-state index contributed by atoms with van der Waals surface area (Å²) in [6, 6.07) is 8.61. The van der Waals surface area contributed by atoms with Gasteiger partial charge in [0.25, 0.3) is 0 Å². The van der Waals surface area contributed by atoms with Crippen LogP contribution in [0.4, 0.5) is 13.2 Å². The molecule has 2 saturated heterocycles. The highest BCUT2D eigenvalue weighted by Crippen LogP contribution is 2.22. The minimum absolute atomic E-state index is 0.209. The molecule has 0 bridgehead atoms. The summed E-state index contributed by atoms with van der Waals surface area (Å²) in [5.41, 5.74) is 2.48. The zero-order chi connectivity index (χ0) is 21.4. The number of hydrogen-bond donors (Lipinski definition) is 2. The zero-order valence-electron chi connectivity index (χ0n) is 17.8. The van der Waals surface area contributed by atoms with Gasteiger partial charge in [0, 0.05) is 26.2 Å². The number of nitrogens with zero attached hydrogens (tertiary/aromatic N) is 3. The van der Waals surface area contributed by atoms with E-state index in [1.54, 1.807) is 0 Å². The Labute approximate surface area is 177 Å². The molecule has 2 heterocycles. The average Bonchev–Trinajstić information content (AvgIpc) is 3.36. The van der Waals surface area contributed by atoms with Gasteiger partial charge in [0.2, 0.25) is 0 Å². The van der Waals surface area contributed by atoms with E-state index in [4.69, 9.17) is 0 Å². The topological polar surface area (TPSA) is 42.9 Å². The third-order valence-corrected chi connectivity index (χ3v) is 5.72. The Balaban J connectivity index is 1.45. The van der Waals surface area contributed by atoms with E-state index >= 15 is 0 Å². The highest BCUT2D eigenvalue weighted by molar-refractivity contribution is 5.79. The van der Waals surface area contributed by atoms with Gasteiger partial charge in [-0.15, -0.1) is 0 Å². The second-order valence-corrected chi connectivity index (χ2v) is 8.38. The molecule has 2 N–H and O–H groups in total. The van der Waals surface area contributed by atoms with Crippen molar-refractivity contribution in [2.75, 3.05) is 45.8 Å².